The van der Waals surface area contributed by atoms with Gasteiger partial charge >= 0.3 is 0 Å². The first-order valence-electron chi connectivity index (χ1n) is 5.68. The SMILES string of the molecule is COc1ccc(/C=C(/C)CNC2CC2)cn1. The zero-order chi connectivity index (χ0) is 11.4. The molecule has 1 heterocycles. The molecule has 0 amide bonds. The molecular formula is C13H18N2O. The Hall–Kier alpha value is -1.35. The Kier molecular flexibility index (Phi) is 3.57. The van der Waals surface area contributed by atoms with Gasteiger partial charge in [-0.15, -0.1) is 0 Å². The first-order chi connectivity index (χ1) is 7.78. The number of rotatable bonds is 5. The number of nitrogens with zero attached hydrogens (tertiary/aromatic N) is 1. The van der Waals surface area contributed by atoms with Crippen molar-refractivity contribution in [2.24, 2.45) is 0 Å². The van der Waals surface area contributed by atoms with Crippen LogP contribution in [0.2, 0.25) is 0 Å². The van der Waals surface area contributed by atoms with Crippen LogP contribution >= 0.6 is 0 Å². The Morgan fingerprint density at radius 2 is 2.38 bits per heavy atom. The highest BCUT2D eigenvalue weighted by Gasteiger charge is 2.19. The van der Waals surface area contributed by atoms with Crippen LogP contribution in [0.5, 0.6) is 5.88 Å². The Morgan fingerprint density at radius 3 is 2.94 bits per heavy atom. The maximum atomic E-state index is 5.02. The van der Waals surface area contributed by atoms with Crippen LogP contribution < -0.4 is 10.1 Å². The van der Waals surface area contributed by atoms with E-state index in [1.54, 1.807) is 7.11 Å². The van der Waals surface area contributed by atoms with Crippen LogP contribution in [-0.2, 0) is 0 Å². The summed E-state index contributed by atoms with van der Waals surface area (Å²) >= 11 is 0. The van der Waals surface area contributed by atoms with Gasteiger partial charge in [0, 0.05) is 24.8 Å². The molecule has 1 fully saturated rings. The minimum Gasteiger partial charge on any atom is -0.481 e. The summed E-state index contributed by atoms with van der Waals surface area (Å²) in [5, 5.41) is 3.49. The molecule has 0 aromatic carbocycles. The van der Waals surface area contributed by atoms with Gasteiger partial charge in [-0.25, -0.2) is 4.98 Å². The normalized spacial score (nSPS) is 16.2. The second-order valence-corrected chi connectivity index (χ2v) is 4.28. The molecule has 1 aliphatic carbocycles. The largest absolute Gasteiger partial charge is 0.481 e. The third kappa shape index (κ3) is 3.35. The van der Waals surface area contributed by atoms with Crippen LogP contribution in [0.25, 0.3) is 6.08 Å². The molecule has 3 heteroatoms. The average molecular weight is 218 g/mol. The van der Waals surface area contributed by atoms with Gasteiger partial charge < -0.3 is 10.1 Å². The van der Waals surface area contributed by atoms with Crippen molar-refractivity contribution in [1.82, 2.24) is 10.3 Å². The van der Waals surface area contributed by atoms with E-state index in [0.717, 1.165) is 18.2 Å². The fraction of sp³-hybridized carbons (Fsp3) is 0.462. The van der Waals surface area contributed by atoms with Gasteiger partial charge in [-0.05, 0) is 31.4 Å². The second-order valence-electron chi connectivity index (χ2n) is 4.28. The monoisotopic (exact) mass is 218 g/mol. The molecule has 1 aromatic heterocycles. The first kappa shape index (κ1) is 11.1. The lowest BCUT2D eigenvalue weighted by Gasteiger charge is -2.03. The highest BCUT2D eigenvalue weighted by molar-refractivity contribution is 5.52. The van der Waals surface area contributed by atoms with Crippen LogP contribution in [0.1, 0.15) is 25.3 Å². The molecule has 0 unspecified atom stereocenters. The maximum Gasteiger partial charge on any atom is 0.212 e. The van der Waals surface area contributed by atoms with Gasteiger partial charge in [-0.3, -0.25) is 0 Å². The smallest absolute Gasteiger partial charge is 0.212 e. The molecule has 16 heavy (non-hydrogen) atoms. The van der Waals surface area contributed by atoms with Crippen LogP contribution in [0.15, 0.2) is 23.9 Å². The van der Waals surface area contributed by atoms with Crippen molar-refractivity contribution in [3.63, 3.8) is 0 Å². The summed E-state index contributed by atoms with van der Waals surface area (Å²) < 4.78 is 5.02. The van der Waals surface area contributed by atoms with Crippen molar-refractivity contribution >= 4 is 6.08 Å². The molecule has 3 nitrogen and oxygen atoms in total. The molecule has 0 saturated heterocycles. The van der Waals surface area contributed by atoms with E-state index in [1.165, 1.54) is 18.4 Å². The van der Waals surface area contributed by atoms with Gasteiger partial charge in [0.1, 0.15) is 0 Å². The third-order valence-corrected chi connectivity index (χ3v) is 2.63. The van der Waals surface area contributed by atoms with Gasteiger partial charge in [-0.2, -0.15) is 0 Å². The van der Waals surface area contributed by atoms with Crippen molar-refractivity contribution in [3.8, 4) is 5.88 Å². The van der Waals surface area contributed by atoms with E-state index >= 15 is 0 Å². The number of hydrogen-bond donors (Lipinski definition) is 1. The lowest BCUT2D eigenvalue weighted by Crippen LogP contribution is -2.18. The zero-order valence-electron chi connectivity index (χ0n) is 9.86. The molecule has 0 bridgehead atoms. The molecule has 1 aromatic rings. The lowest BCUT2D eigenvalue weighted by atomic mass is 10.2. The van der Waals surface area contributed by atoms with Crippen LogP contribution in [0.4, 0.5) is 0 Å². The van der Waals surface area contributed by atoms with Crippen LogP contribution in [0, 0.1) is 0 Å². The Morgan fingerprint density at radius 1 is 1.56 bits per heavy atom. The topological polar surface area (TPSA) is 34.1 Å². The summed E-state index contributed by atoms with van der Waals surface area (Å²) in [6.45, 7) is 3.11. The minimum absolute atomic E-state index is 0.658. The number of aromatic nitrogens is 1. The highest BCUT2D eigenvalue weighted by atomic mass is 16.5. The van der Waals surface area contributed by atoms with Crippen molar-refractivity contribution in [1.29, 1.82) is 0 Å². The molecule has 0 radical (unpaired) electrons. The third-order valence-electron chi connectivity index (χ3n) is 2.63. The summed E-state index contributed by atoms with van der Waals surface area (Å²) in [5.74, 6) is 0.658. The van der Waals surface area contributed by atoms with E-state index in [4.69, 9.17) is 4.74 Å². The number of hydrogen-bond acceptors (Lipinski definition) is 3. The summed E-state index contributed by atoms with van der Waals surface area (Å²) in [6.07, 6.45) is 6.65. The average Bonchev–Trinajstić information content (AvgIpc) is 3.11. The Labute approximate surface area is 96.5 Å². The zero-order valence-corrected chi connectivity index (χ0v) is 9.86. The molecule has 0 atom stereocenters. The van der Waals surface area contributed by atoms with Gasteiger partial charge in [0.2, 0.25) is 5.88 Å². The van der Waals surface area contributed by atoms with E-state index < -0.39 is 0 Å². The molecule has 2 rings (SSSR count). The minimum atomic E-state index is 0.658. The quantitative estimate of drug-likeness (QED) is 0.823. The molecule has 0 aliphatic heterocycles. The van der Waals surface area contributed by atoms with E-state index in [0.29, 0.717) is 5.88 Å². The van der Waals surface area contributed by atoms with Crippen molar-refractivity contribution in [3.05, 3.63) is 29.5 Å². The summed E-state index contributed by atoms with van der Waals surface area (Å²) in [5.41, 5.74) is 2.45. The highest BCUT2D eigenvalue weighted by Crippen LogP contribution is 2.19. The van der Waals surface area contributed by atoms with E-state index in [2.05, 4.69) is 23.3 Å². The van der Waals surface area contributed by atoms with E-state index in [-0.39, 0.29) is 0 Å². The van der Waals surface area contributed by atoms with Crippen LogP contribution in [-0.4, -0.2) is 24.7 Å². The molecular weight excluding hydrogens is 200 g/mol. The standard InChI is InChI=1S/C13H18N2O/c1-10(8-14-12-4-5-12)7-11-3-6-13(16-2)15-9-11/h3,6-7,9,12,14H,4-5,8H2,1-2H3/b10-7-. The van der Waals surface area contributed by atoms with Gasteiger partial charge in [0.05, 0.1) is 7.11 Å². The van der Waals surface area contributed by atoms with Gasteiger partial charge in [-0.1, -0.05) is 11.6 Å². The number of ether oxygens (including phenoxy) is 1. The van der Waals surface area contributed by atoms with E-state index in [9.17, 15) is 0 Å². The number of nitrogens with one attached hydrogen (secondary N) is 1. The summed E-state index contributed by atoms with van der Waals surface area (Å²) in [6, 6.07) is 4.66. The molecule has 0 spiro atoms. The van der Waals surface area contributed by atoms with Gasteiger partial charge in [0.15, 0.2) is 0 Å². The second kappa shape index (κ2) is 5.12. The number of methoxy groups -OCH3 is 1. The molecule has 1 N–H and O–H groups in total. The Bertz CT molecular complexity index is 366. The van der Waals surface area contributed by atoms with Crippen LogP contribution in [0.3, 0.4) is 0 Å². The maximum absolute atomic E-state index is 5.02. The number of pyridine rings is 1. The van der Waals surface area contributed by atoms with Crippen molar-refractivity contribution in [2.75, 3.05) is 13.7 Å². The summed E-state index contributed by atoms with van der Waals surface area (Å²) in [7, 11) is 1.63. The van der Waals surface area contributed by atoms with Crippen molar-refractivity contribution in [2.45, 2.75) is 25.8 Å². The molecule has 1 aliphatic rings. The predicted octanol–water partition coefficient (Wildman–Crippen LogP) is 2.25. The fourth-order valence-electron chi connectivity index (χ4n) is 1.53. The Balaban J connectivity index is 1.91. The van der Waals surface area contributed by atoms with Crippen molar-refractivity contribution < 1.29 is 4.74 Å². The van der Waals surface area contributed by atoms with E-state index in [1.807, 2.05) is 18.3 Å². The first-order valence-corrected chi connectivity index (χ1v) is 5.68. The molecule has 86 valence electrons. The lowest BCUT2D eigenvalue weighted by molar-refractivity contribution is 0.398. The fourth-order valence-corrected chi connectivity index (χ4v) is 1.53. The predicted molar refractivity (Wildman–Crippen MR) is 65.5 cm³/mol. The molecule has 1 saturated carbocycles. The summed E-state index contributed by atoms with van der Waals surface area (Å²) in [4.78, 5) is 4.17. The van der Waals surface area contributed by atoms with Gasteiger partial charge in [0.25, 0.3) is 0 Å².